The highest BCUT2D eigenvalue weighted by Gasteiger charge is 2.58. The fourth-order valence-corrected chi connectivity index (χ4v) is 5.05. The lowest BCUT2D eigenvalue weighted by molar-refractivity contribution is -0.150. The Balaban J connectivity index is 1.43. The van der Waals surface area contributed by atoms with Crippen molar-refractivity contribution in [1.82, 2.24) is 4.90 Å². The quantitative estimate of drug-likeness (QED) is 0.849. The smallest absolute Gasteiger partial charge is 0.321 e. The molecule has 1 spiro atoms. The van der Waals surface area contributed by atoms with Crippen molar-refractivity contribution < 1.29 is 19.0 Å². The highest BCUT2D eigenvalue weighted by molar-refractivity contribution is 5.90. The van der Waals surface area contributed by atoms with Crippen LogP contribution >= 0.6 is 0 Å². The fourth-order valence-electron chi connectivity index (χ4n) is 5.05. The highest BCUT2D eigenvalue weighted by atomic mass is 16.7. The van der Waals surface area contributed by atoms with Gasteiger partial charge in [0, 0.05) is 50.7 Å². The first-order chi connectivity index (χ1) is 12.8. The monoisotopic (exact) mass is 374 g/mol. The number of carbonyl (C=O) groups excluding carboxylic acids is 1. The molecule has 2 aliphatic carbocycles. The van der Waals surface area contributed by atoms with Gasteiger partial charge in [-0.25, -0.2) is 4.79 Å². The molecule has 0 bridgehead atoms. The number of urea groups is 1. The first kappa shape index (κ1) is 18.4. The van der Waals surface area contributed by atoms with E-state index in [4.69, 9.17) is 14.2 Å². The second-order valence-electron chi connectivity index (χ2n) is 8.44. The van der Waals surface area contributed by atoms with Gasteiger partial charge in [-0.15, -0.1) is 0 Å². The summed E-state index contributed by atoms with van der Waals surface area (Å²) in [5.41, 5.74) is 0.856. The van der Waals surface area contributed by atoms with Gasteiger partial charge in [0.05, 0.1) is 6.10 Å². The van der Waals surface area contributed by atoms with Crippen molar-refractivity contribution in [3.8, 4) is 11.5 Å². The van der Waals surface area contributed by atoms with Gasteiger partial charge in [0.15, 0.2) is 11.5 Å². The van der Waals surface area contributed by atoms with Crippen LogP contribution in [0, 0.1) is 5.41 Å². The van der Waals surface area contributed by atoms with Gasteiger partial charge in [0.1, 0.15) is 0 Å². The lowest BCUT2D eigenvalue weighted by Gasteiger charge is -2.56. The lowest BCUT2D eigenvalue weighted by atomic mass is 9.60. The molecule has 2 saturated carbocycles. The molecular formula is C21H30N2O4. The van der Waals surface area contributed by atoms with Crippen molar-refractivity contribution >= 4 is 11.7 Å². The third-order valence-electron chi connectivity index (χ3n) is 6.34. The molecule has 1 N–H and O–H groups in total. The van der Waals surface area contributed by atoms with E-state index in [0.29, 0.717) is 17.2 Å². The average molecular weight is 374 g/mol. The van der Waals surface area contributed by atoms with E-state index in [1.165, 1.54) is 12.8 Å². The van der Waals surface area contributed by atoms with Gasteiger partial charge in [-0.2, -0.15) is 0 Å². The predicted octanol–water partition coefficient (Wildman–Crippen LogP) is 4.40. The molecule has 0 saturated heterocycles. The molecule has 27 heavy (non-hydrogen) atoms. The van der Waals surface area contributed by atoms with E-state index < -0.39 is 5.79 Å². The minimum absolute atomic E-state index is 0.0839. The number of fused-ring (bicyclic) bond motifs is 1. The Bertz CT molecular complexity index is 727. The third-order valence-corrected chi connectivity index (χ3v) is 6.34. The number of hydrogen-bond acceptors (Lipinski definition) is 4. The second kappa shape index (κ2) is 6.59. The third kappa shape index (κ3) is 3.14. The Morgan fingerprint density at radius 2 is 1.96 bits per heavy atom. The lowest BCUT2D eigenvalue weighted by Crippen LogP contribution is -2.64. The van der Waals surface area contributed by atoms with Crippen molar-refractivity contribution in [3.05, 3.63) is 18.2 Å². The summed E-state index contributed by atoms with van der Waals surface area (Å²) < 4.78 is 17.5. The second-order valence-corrected chi connectivity index (χ2v) is 8.44. The summed E-state index contributed by atoms with van der Waals surface area (Å²) in [5.74, 6) is 0.694. The number of nitrogens with one attached hydrogen (secondary N) is 1. The average Bonchev–Trinajstić information content (AvgIpc) is 3.22. The van der Waals surface area contributed by atoms with Crippen LogP contribution in [-0.4, -0.2) is 42.5 Å². The summed E-state index contributed by atoms with van der Waals surface area (Å²) >= 11 is 0. The van der Waals surface area contributed by atoms with E-state index in [-0.39, 0.29) is 23.6 Å². The van der Waals surface area contributed by atoms with Crippen LogP contribution in [0.25, 0.3) is 0 Å². The summed E-state index contributed by atoms with van der Waals surface area (Å²) in [7, 11) is 1.90. The summed E-state index contributed by atoms with van der Waals surface area (Å²) in [4.78, 5) is 14.8. The molecule has 1 heterocycles. The standard InChI is InChI=1S/C21H30N2O4/c1-5-25-18-13-17(21(18)10-6-7-11-21)23(4)19(24)22-14-8-9-15-16(12-14)27-20(2,3)26-15/h8-9,12,17-18H,5-7,10-11,13H2,1-4H3,(H,22,24)/t17-,18+/m0/s1. The molecule has 1 aromatic carbocycles. The molecule has 1 aliphatic heterocycles. The van der Waals surface area contributed by atoms with E-state index in [9.17, 15) is 4.79 Å². The number of hydrogen-bond donors (Lipinski definition) is 1. The van der Waals surface area contributed by atoms with Gasteiger partial charge in [0.25, 0.3) is 0 Å². The minimum Gasteiger partial charge on any atom is -0.449 e. The zero-order valence-electron chi connectivity index (χ0n) is 16.7. The van der Waals surface area contributed by atoms with Gasteiger partial charge < -0.3 is 24.4 Å². The number of rotatable bonds is 4. The first-order valence-corrected chi connectivity index (χ1v) is 10.0. The van der Waals surface area contributed by atoms with Gasteiger partial charge in [-0.05, 0) is 38.3 Å². The van der Waals surface area contributed by atoms with Crippen molar-refractivity contribution in [1.29, 1.82) is 0 Å². The number of carbonyl (C=O) groups is 1. The topological polar surface area (TPSA) is 60.0 Å². The van der Waals surface area contributed by atoms with Gasteiger partial charge >= 0.3 is 6.03 Å². The Labute approximate surface area is 161 Å². The highest BCUT2D eigenvalue weighted by Crippen LogP contribution is 2.56. The van der Waals surface area contributed by atoms with Crippen LogP contribution in [-0.2, 0) is 4.74 Å². The molecule has 4 rings (SSSR count). The summed E-state index contributed by atoms with van der Waals surface area (Å²) in [5, 5.41) is 3.01. The van der Waals surface area contributed by atoms with Crippen molar-refractivity contribution in [2.45, 2.75) is 70.8 Å². The Hall–Kier alpha value is -1.95. The van der Waals surface area contributed by atoms with Gasteiger partial charge in [-0.3, -0.25) is 0 Å². The summed E-state index contributed by atoms with van der Waals surface area (Å²) in [6.07, 6.45) is 5.98. The molecule has 2 amide bonds. The number of ether oxygens (including phenoxy) is 3. The number of amides is 2. The molecule has 1 aromatic rings. The maximum absolute atomic E-state index is 12.9. The van der Waals surface area contributed by atoms with Gasteiger partial charge in [0.2, 0.25) is 5.79 Å². The Morgan fingerprint density at radius 3 is 2.67 bits per heavy atom. The van der Waals surface area contributed by atoms with Crippen molar-refractivity contribution in [3.63, 3.8) is 0 Å². The van der Waals surface area contributed by atoms with E-state index in [1.54, 1.807) is 0 Å². The van der Waals surface area contributed by atoms with E-state index >= 15 is 0 Å². The van der Waals surface area contributed by atoms with Crippen molar-refractivity contribution in [2.24, 2.45) is 5.41 Å². The normalized spacial score (nSPS) is 26.7. The van der Waals surface area contributed by atoms with Crippen molar-refractivity contribution in [2.75, 3.05) is 19.0 Å². The predicted molar refractivity (Wildman–Crippen MR) is 103 cm³/mol. The Kier molecular flexibility index (Phi) is 4.49. The van der Waals surface area contributed by atoms with Crippen LogP contribution in [0.15, 0.2) is 18.2 Å². The zero-order chi connectivity index (χ0) is 19.2. The molecular weight excluding hydrogens is 344 g/mol. The maximum atomic E-state index is 12.9. The largest absolute Gasteiger partial charge is 0.449 e. The van der Waals surface area contributed by atoms with E-state index in [0.717, 1.165) is 25.9 Å². The van der Waals surface area contributed by atoms with Crippen LogP contribution in [0.3, 0.4) is 0 Å². The van der Waals surface area contributed by atoms with E-state index in [1.807, 2.05) is 50.9 Å². The zero-order valence-corrected chi connectivity index (χ0v) is 16.7. The number of nitrogens with zero attached hydrogens (tertiary/aromatic N) is 1. The molecule has 0 unspecified atom stereocenters. The molecule has 2 atom stereocenters. The molecule has 3 aliphatic rings. The summed E-state index contributed by atoms with van der Waals surface area (Å²) in [6, 6.07) is 5.67. The molecule has 6 heteroatoms. The van der Waals surface area contributed by atoms with E-state index in [2.05, 4.69) is 5.32 Å². The molecule has 148 valence electrons. The van der Waals surface area contributed by atoms with Crippen LogP contribution < -0.4 is 14.8 Å². The summed E-state index contributed by atoms with van der Waals surface area (Å²) in [6.45, 7) is 6.52. The molecule has 6 nitrogen and oxygen atoms in total. The van der Waals surface area contributed by atoms with Crippen LogP contribution in [0.1, 0.15) is 52.9 Å². The Morgan fingerprint density at radius 1 is 1.26 bits per heavy atom. The van der Waals surface area contributed by atoms with Crippen LogP contribution in [0.5, 0.6) is 11.5 Å². The molecule has 0 aromatic heterocycles. The van der Waals surface area contributed by atoms with Crippen LogP contribution in [0.4, 0.5) is 10.5 Å². The minimum atomic E-state index is -0.670. The number of benzene rings is 1. The fraction of sp³-hybridized carbons (Fsp3) is 0.667. The molecule has 2 fully saturated rings. The molecule has 0 radical (unpaired) electrons. The SMILES string of the molecule is CCO[C@@H]1C[C@H](N(C)C(=O)Nc2ccc3c(c2)OC(C)(C)O3)C12CCCC2. The maximum Gasteiger partial charge on any atom is 0.321 e. The van der Waals surface area contributed by atoms with Crippen LogP contribution in [0.2, 0.25) is 0 Å². The first-order valence-electron chi connectivity index (χ1n) is 10.0. The van der Waals surface area contributed by atoms with Gasteiger partial charge in [-0.1, -0.05) is 12.8 Å². The number of anilines is 1.